The summed E-state index contributed by atoms with van der Waals surface area (Å²) in [4.78, 5) is 22.1. The number of nitrogens with one attached hydrogen (secondary N) is 1. The van der Waals surface area contributed by atoms with Crippen LogP contribution in [-0.4, -0.2) is 34.4 Å². The van der Waals surface area contributed by atoms with Crippen molar-refractivity contribution in [2.24, 2.45) is 0 Å². The Morgan fingerprint density at radius 2 is 1.89 bits per heavy atom. The molecule has 0 saturated carbocycles. The fourth-order valence-corrected chi connectivity index (χ4v) is 4.01. The highest BCUT2D eigenvalue weighted by Gasteiger charge is 2.35. The molecule has 1 atom stereocenters. The molecule has 3 heterocycles. The lowest BCUT2D eigenvalue weighted by Crippen LogP contribution is -2.22. The van der Waals surface area contributed by atoms with Crippen LogP contribution >= 0.6 is 0 Å². The van der Waals surface area contributed by atoms with E-state index in [0.717, 1.165) is 25.4 Å². The van der Waals surface area contributed by atoms with Crippen LogP contribution in [0.25, 0.3) is 11.3 Å². The fraction of sp³-hybridized carbons (Fsp3) is 0.292. The summed E-state index contributed by atoms with van der Waals surface area (Å²) in [5.41, 5.74) is -0.872. The number of methoxy groups -OCH3 is 1. The number of amides is 1. The zero-order chi connectivity index (χ0) is 25.5. The molecule has 1 amide bonds. The summed E-state index contributed by atoms with van der Waals surface area (Å²) in [7, 11) is 1.06. The van der Waals surface area contributed by atoms with E-state index in [9.17, 15) is 22.4 Å². The molecule has 184 valence electrons. The van der Waals surface area contributed by atoms with Gasteiger partial charge in [0.05, 0.1) is 31.6 Å². The third-order valence-corrected chi connectivity index (χ3v) is 5.88. The Balaban J connectivity index is 1.65. The Kier molecular flexibility index (Phi) is 6.35. The van der Waals surface area contributed by atoms with Gasteiger partial charge in [0.2, 0.25) is 0 Å². The molecule has 1 aliphatic rings. The molecule has 0 bridgehead atoms. The van der Waals surface area contributed by atoms with Crippen molar-refractivity contribution >= 4 is 11.7 Å². The number of aromatic nitrogens is 2. The van der Waals surface area contributed by atoms with Crippen molar-refractivity contribution in [3.8, 4) is 17.0 Å². The van der Waals surface area contributed by atoms with Gasteiger partial charge in [0.25, 0.3) is 5.91 Å². The van der Waals surface area contributed by atoms with Crippen molar-refractivity contribution in [1.82, 2.24) is 14.9 Å². The van der Waals surface area contributed by atoms with E-state index in [4.69, 9.17) is 0 Å². The molecule has 35 heavy (non-hydrogen) atoms. The standard InChI is InChI=1S/C24H21F5N4O2/c1-4-33-11-16-13(23(33)34)5-6-30-22(16)32-12(2)14-7-19(26)15(8-18(14)25)20-9-17(24(27,28)29)21(35-3)10-31-20/h5-10,12H,4,11H2,1-3H3,(H,30,32)/t12-/m0/s1. The predicted octanol–water partition coefficient (Wildman–Crippen LogP) is 5.60. The molecule has 0 unspecified atom stereocenters. The van der Waals surface area contributed by atoms with Crippen LogP contribution in [0.3, 0.4) is 0 Å². The number of carbonyl (C=O) groups is 1. The molecular weight excluding hydrogens is 471 g/mol. The molecule has 11 heteroatoms. The number of alkyl halides is 3. The predicted molar refractivity (Wildman–Crippen MR) is 118 cm³/mol. The van der Waals surface area contributed by atoms with Crippen molar-refractivity contribution in [3.05, 3.63) is 70.5 Å². The summed E-state index contributed by atoms with van der Waals surface area (Å²) in [6.45, 7) is 4.29. The van der Waals surface area contributed by atoms with Gasteiger partial charge in [0, 0.05) is 35.0 Å². The Hall–Kier alpha value is -3.76. The molecule has 1 aliphatic heterocycles. The summed E-state index contributed by atoms with van der Waals surface area (Å²) in [5, 5.41) is 3.02. The Morgan fingerprint density at radius 3 is 2.54 bits per heavy atom. The summed E-state index contributed by atoms with van der Waals surface area (Å²) < 4.78 is 74.7. The van der Waals surface area contributed by atoms with E-state index in [2.05, 4.69) is 20.0 Å². The number of ether oxygens (including phenoxy) is 1. The van der Waals surface area contributed by atoms with Crippen molar-refractivity contribution in [3.63, 3.8) is 0 Å². The van der Waals surface area contributed by atoms with Crippen LogP contribution in [0.15, 0.2) is 36.7 Å². The molecule has 0 fully saturated rings. The van der Waals surface area contributed by atoms with Gasteiger partial charge in [-0.15, -0.1) is 0 Å². The zero-order valence-corrected chi connectivity index (χ0v) is 19.0. The van der Waals surface area contributed by atoms with E-state index in [-0.39, 0.29) is 17.2 Å². The van der Waals surface area contributed by atoms with Gasteiger partial charge in [-0.1, -0.05) is 0 Å². The van der Waals surface area contributed by atoms with E-state index >= 15 is 4.39 Å². The number of benzene rings is 1. The number of rotatable bonds is 6. The second kappa shape index (κ2) is 9.12. The van der Waals surface area contributed by atoms with Crippen LogP contribution in [0.5, 0.6) is 5.75 Å². The molecule has 1 N–H and O–H groups in total. The van der Waals surface area contributed by atoms with Crippen LogP contribution in [0.1, 0.15) is 46.9 Å². The lowest BCUT2D eigenvalue weighted by molar-refractivity contribution is -0.138. The number of hydrogen-bond donors (Lipinski definition) is 1. The van der Waals surface area contributed by atoms with Crippen molar-refractivity contribution in [1.29, 1.82) is 0 Å². The van der Waals surface area contributed by atoms with E-state index in [1.54, 1.807) is 17.9 Å². The molecule has 0 spiro atoms. The topological polar surface area (TPSA) is 67.3 Å². The van der Waals surface area contributed by atoms with Gasteiger partial charge in [0.15, 0.2) is 0 Å². The molecule has 1 aromatic carbocycles. The third kappa shape index (κ3) is 4.50. The van der Waals surface area contributed by atoms with Crippen molar-refractivity contribution in [2.75, 3.05) is 19.0 Å². The van der Waals surface area contributed by atoms with E-state index in [0.29, 0.717) is 36.1 Å². The first-order valence-corrected chi connectivity index (χ1v) is 10.7. The average Bonchev–Trinajstić information content (AvgIpc) is 3.16. The second-order valence-corrected chi connectivity index (χ2v) is 7.99. The lowest BCUT2D eigenvalue weighted by Gasteiger charge is -2.19. The monoisotopic (exact) mass is 492 g/mol. The minimum atomic E-state index is -4.77. The lowest BCUT2D eigenvalue weighted by atomic mass is 10.0. The maximum absolute atomic E-state index is 15.0. The molecule has 4 rings (SSSR count). The summed E-state index contributed by atoms with van der Waals surface area (Å²) >= 11 is 0. The normalized spacial score (nSPS) is 14.2. The third-order valence-electron chi connectivity index (χ3n) is 5.88. The number of anilines is 1. The first-order chi connectivity index (χ1) is 16.5. The Labute approximate surface area is 197 Å². The van der Waals surface area contributed by atoms with Gasteiger partial charge in [-0.3, -0.25) is 9.78 Å². The van der Waals surface area contributed by atoms with E-state index < -0.39 is 40.7 Å². The molecule has 3 aromatic rings. The van der Waals surface area contributed by atoms with Crippen molar-refractivity contribution < 1.29 is 31.5 Å². The summed E-state index contributed by atoms with van der Waals surface area (Å²) in [6, 6.07) is 3.18. The quantitative estimate of drug-likeness (QED) is 0.454. The molecule has 6 nitrogen and oxygen atoms in total. The SMILES string of the molecule is CCN1Cc2c(ccnc2N[C@@H](C)c2cc(F)c(-c3cc(C(F)(F)F)c(OC)cn3)cc2F)C1=O. The Morgan fingerprint density at radius 1 is 1.14 bits per heavy atom. The van der Waals surface area contributed by atoms with Crippen LogP contribution in [0.4, 0.5) is 27.8 Å². The van der Waals surface area contributed by atoms with Gasteiger partial charge in [-0.2, -0.15) is 13.2 Å². The number of halogens is 5. The maximum atomic E-state index is 15.0. The molecule has 2 aromatic heterocycles. The van der Waals surface area contributed by atoms with Gasteiger partial charge < -0.3 is 15.0 Å². The number of fused-ring (bicyclic) bond motifs is 1. The maximum Gasteiger partial charge on any atom is 0.420 e. The average molecular weight is 492 g/mol. The largest absolute Gasteiger partial charge is 0.495 e. The number of pyridine rings is 2. The van der Waals surface area contributed by atoms with E-state index in [1.165, 1.54) is 6.20 Å². The first-order valence-electron chi connectivity index (χ1n) is 10.7. The highest BCUT2D eigenvalue weighted by Crippen LogP contribution is 2.39. The number of carbonyl (C=O) groups excluding carboxylic acids is 1. The summed E-state index contributed by atoms with van der Waals surface area (Å²) in [6.07, 6.45) is -2.50. The van der Waals surface area contributed by atoms with Crippen LogP contribution in [0.2, 0.25) is 0 Å². The van der Waals surface area contributed by atoms with E-state index in [1.807, 2.05) is 6.92 Å². The van der Waals surface area contributed by atoms with Crippen LogP contribution in [0, 0.1) is 11.6 Å². The van der Waals surface area contributed by atoms with Gasteiger partial charge >= 0.3 is 6.18 Å². The van der Waals surface area contributed by atoms with Crippen molar-refractivity contribution in [2.45, 2.75) is 32.6 Å². The molecular formula is C24H21F5N4O2. The minimum absolute atomic E-state index is 0.0631. The molecule has 0 radical (unpaired) electrons. The zero-order valence-electron chi connectivity index (χ0n) is 19.0. The molecule has 0 saturated heterocycles. The smallest absolute Gasteiger partial charge is 0.420 e. The fourth-order valence-electron chi connectivity index (χ4n) is 4.01. The van der Waals surface area contributed by atoms with Gasteiger partial charge in [0.1, 0.15) is 28.8 Å². The van der Waals surface area contributed by atoms with Gasteiger partial charge in [-0.05, 0) is 38.1 Å². The van der Waals surface area contributed by atoms with Gasteiger partial charge in [-0.25, -0.2) is 13.8 Å². The van der Waals surface area contributed by atoms with Crippen LogP contribution in [-0.2, 0) is 12.7 Å². The molecule has 0 aliphatic carbocycles. The highest BCUT2D eigenvalue weighted by molar-refractivity contribution is 5.99. The Bertz CT molecular complexity index is 1300. The highest BCUT2D eigenvalue weighted by atomic mass is 19.4. The second-order valence-electron chi connectivity index (χ2n) is 7.99. The first kappa shape index (κ1) is 24.4. The number of nitrogens with zero attached hydrogens (tertiary/aromatic N) is 3. The minimum Gasteiger partial charge on any atom is -0.495 e. The van der Waals surface area contributed by atoms with Crippen LogP contribution < -0.4 is 10.1 Å². The number of hydrogen-bond acceptors (Lipinski definition) is 5. The summed E-state index contributed by atoms with van der Waals surface area (Å²) in [5.74, 6) is -2.08.